The zero-order valence-corrected chi connectivity index (χ0v) is 12.4. The lowest BCUT2D eigenvalue weighted by Gasteiger charge is -1.96. The van der Waals surface area contributed by atoms with Gasteiger partial charge in [0, 0.05) is 17.9 Å². The molecule has 0 aliphatic carbocycles. The number of fused-ring (bicyclic) bond motifs is 1. The summed E-state index contributed by atoms with van der Waals surface area (Å²) in [6.45, 7) is 5.11. The van der Waals surface area contributed by atoms with Crippen molar-refractivity contribution in [2.24, 2.45) is 0 Å². The molecule has 0 N–H and O–H groups in total. The molecule has 0 aliphatic heterocycles. The fourth-order valence-electron chi connectivity index (χ4n) is 1.38. The third-order valence-electron chi connectivity index (χ3n) is 2.59. The molecule has 1 heterocycles. The summed E-state index contributed by atoms with van der Waals surface area (Å²) < 4.78 is 5.91. The van der Waals surface area contributed by atoms with E-state index in [4.69, 9.17) is 16.0 Å². The van der Waals surface area contributed by atoms with Gasteiger partial charge >= 0.3 is 5.76 Å². The number of benzene rings is 1. The Morgan fingerprint density at radius 1 is 1.25 bits per heavy atom. The molecule has 108 valence electrons. The Balaban J connectivity index is 0.000000347. The number of halogens is 1. The van der Waals surface area contributed by atoms with E-state index in [-0.39, 0.29) is 18.1 Å². The SMILES string of the molecule is CCC(=O)n1c(=O)oc2ccc(Cl)cc21.CCC(C)=O. The lowest BCUT2D eigenvalue weighted by atomic mass is 10.3. The molecule has 20 heavy (non-hydrogen) atoms. The minimum absolute atomic E-state index is 0.237. The summed E-state index contributed by atoms with van der Waals surface area (Å²) in [7, 11) is 0. The van der Waals surface area contributed by atoms with E-state index < -0.39 is 5.76 Å². The zero-order chi connectivity index (χ0) is 15.3. The number of carbonyl (C=O) groups is 2. The minimum atomic E-state index is -0.667. The molecule has 6 heteroatoms. The number of ketones is 1. The molecule has 0 aliphatic rings. The molecule has 0 radical (unpaired) electrons. The molecule has 2 aromatic rings. The van der Waals surface area contributed by atoms with Crippen LogP contribution in [-0.4, -0.2) is 16.3 Å². The van der Waals surface area contributed by atoms with Gasteiger partial charge in [0.05, 0.1) is 5.52 Å². The first-order chi connectivity index (χ1) is 9.40. The van der Waals surface area contributed by atoms with Crippen molar-refractivity contribution in [2.75, 3.05) is 0 Å². The van der Waals surface area contributed by atoms with Crippen LogP contribution in [0.15, 0.2) is 27.4 Å². The van der Waals surface area contributed by atoms with E-state index in [9.17, 15) is 14.4 Å². The number of rotatable bonds is 2. The zero-order valence-electron chi connectivity index (χ0n) is 11.6. The summed E-state index contributed by atoms with van der Waals surface area (Å²) in [4.78, 5) is 32.7. The maximum absolute atomic E-state index is 11.5. The second kappa shape index (κ2) is 7.05. The van der Waals surface area contributed by atoms with Gasteiger partial charge in [0.1, 0.15) is 5.78 Å². The largest absolute Gasteiger partial charge is 0.426 e. The number of aromatic nitrogens is 1. The Bertz CT molecular complexity index is 684. The maximum Gasteiger partial charge on any atom is 0.426 e. The van der Waals surface area contributed by atoms with E-state index in [1.54, 1.807) is 26.0 Å². The van der Waals surface area contributed by atoms with E-state index in [0.717, 1.165) is 4.57 Å². The first kappa shape index (κ1) is 16.2. The van der Waals surface area contributed by atoms with Crippen LogP contribution in [0, 0.1) is 0 Å². The third kappa shape index (κ3) is 3.81. The Kier molecular flexibility index (Phi) is 5.70. The van der Waals surface area contributed by atoms with Crippen molar-refractivity contribution >= 4 is 34.4 Å². The number of Topliss-reactive ketones (excluding diaryl/α,β-unsaturated/α-hetero) is 1. The number of nitrogens with zero attached hydrogens (tertiary/aromatic N) is 1. The van der Waals surface area contributed by atoms with Crippen molar-refractivity contribution < 1.29 is 14.0 Å². The molecule has 5 nitrogen and oxygen atoms in total. The van der Waals surface area contributed by atoms with Gasteiger partial charge in [-0.25, -0.2) is 9.36 Å². The topological polar surface area (TPSA) is 69.3 Å². The fourth-order valence-corrected chi connectivity index (χ4v) is 1.55. The average molecular weight is 298 g/mol. The summed E-state index contributed by atoms with van der Waals surface area (Å²) in [6.07, 6.45) is 0.904. The molecular formula is C14H16ClNO4. The van der Waals surface area contributed by atoms with Crippen LogP contribution in [0.5, 0.6) is 0 Å². The molecule has 0 bridgehead atoms. The molecule has 2 rings (SSSR count). The van der Waals surface area contributed by atoms with Gasteiger partial charge in [-0.05, 0) is 25.1 Å². The Morgan fingerprint density at radius 3 is 2.35 bits per heavy atom. The summed E-state index contributed by atoms with van der Waals surface area (Å²) in [6, 6.07) is 4.71. The Labute approximate surface area is 121 Å². The molecule has 1 aromatic carbocycles. The molecule has 0 unspecified atom stereocenters. The molecule has 0 saturated carbocycles. The summed E-state index contributed by atoms with van der Waals surface area (Å²) >= 11 is 5.78. The van der Waals surface area contributed by atoms with Crippen LogP contribution in [0.1, 0.15) is 38.4 Å². The second-order valence-corrected chi connectivity index (χ2v) is 4.55. The van der Waals surface area contributed by atoms with Gasteiger partial charge in [0.2, 0.25) is 5.91 Å². The summed E-state index contributed by atoms with van der Waals surface area (Å²) in [5.41, 5.74) is 0.783. The highest BCUT2D eigenvalue weighted by Gasteiger charge is 2.14. The van der Waals surface area contributed by atoms with E-state index in [0.29, 0.717) is 22.5 Å². The number of hydrogen-bond acceptors (Lipinski definition) is 4. The van der Waals surface area contributed by atoms with Gasteiger partial charge in [-0.2, -0.15) is 0 Å². The van der Waals surface area contributed by atoms with Gasteiger partial charge in [-0.3, -0.25) is 4.79 Å². The first-order valence-electron chi connectivity index (χ1n) is 6.24. The van der Waals surface area contributed by atoms with Crippen LogP contribution in [0.4, 0.5) is 0 Å². The monoisotopic (exact) mass is 297 g/mol. The Morgan fingerprint density at radius 2 is 1.85 bits per heavy atom. The van der Waals surface area contributed by atoms with Crippen LogP contribution in [0.25, 0.3) is 11.1 Å². The predicted molar refractivity (Wildman–Crippen MR) is 77.4 cm³/mol. The number of oxazole rings is 1. The highest BCUT2D eigenvalue weighted by Crippen LogP contribution is 2.18. The predicted octanol–water partition coefficient (Wildman–Crippen LogP) is 3.28. The Hall–Kier alpha value is -1.88. The van der Waals surface area contributed by atoms with Crippen LogP contribution in [0.3, 0.4) is 0 Å². The van der Waals surface area contributed by atoms with Crippen LogP contribution < -0.4 is 5.76 Å². The third-order valence-corrected chi connectivity index (χ3v) is 2.83. The van der Waals surface area contributed by atoms with E-state index >= 15 is 0 Å². The van der Waals surface area contributed by atoms with Crippen LogP contribution >= 0.6 is 11.6 Å². The number of hydrogen-bond donors (Lipinski definition) is 0. The van der Waals surface area contributed by atoms with Gasteiger partial charge in [-0.15, -0.1) is 0 Å². The highest BCUT2D eigenvalue weighted by molar-refractivity contribution is 6.31. The van der Waals surface area contributed by atoms with Crippen molar-refractivity contribution in [2.45, 2.75) is 33.6 Å². The van der Waals surface area contributed by atoms with Crippen molar-refractivity contribution in [3.05, 3.63) is 33.8 Å². The van der Waals surface area contributed by atoms with Crippen molar-refractivity contribution in [3.8, 4) is 0 Å². The molecule has 0 spiro atoms. The quantitative estimate of drug-likeness (QED) is 0.853. The number of carbonyl (C=O) groups excluding carboxylic acids is 2. The minimum Gasteiger partial charge on any atom is -0.407 e. The normalized spacial score (nSPS) is 10.0. The standard InChI is InChI=1S/C10H8ClNO3.C4H8O/c1-2-9(13)12-7-5-6(11)3-4-8(7)15-10(12)14;1-3-4(2)5/h3-5H,2H2,1H3;3H2,1-2H3. The maximum atomic E-state index is 11.5. The van der Waals surface area contributed by atoms with Crippen molar-refractivity contribution in [3.63, 3.8) is 0 Å². The van der Waals surface area contributed by atoms with E-state index in [1.165, 1.54) is 6.07 Å². The summed E-state index contributed by atoms with van der Waals surface area (Å²) in [5.74, 6) is -0.717. The summed E-state index contributed by atoms with van der Waals surface area (Å²) in [5, 5.41) is 0.459. The molecule has 0 atom stereocenters. The molecular weight excluding hydrogens is 282 g/mol. The smallest absolute Gasteiger partial charge is 0.407 e. The van der Waals surface area contributed by atoms with Gasteiger partial charge in [-0.1, -0.05) is 25.4 Å². The molecule has 0 fully saturated rings. The second-order valence-electron chi connectivity index (χ2n) is 4.12. The molecule has 0 saturated heterocycles. The van der Waals surface area contributed by atoms with E-state index in [2.05, 4.69) is 0 Å². The van der Waals surface area contributed by atoms with Gasteiger partial charge < -0.3 is 9.21 Å². The van der Waals surface area contributed by atoms with Gasteiger partial charge in [0.15, 0.2) is 5.58 Å². The van der Waals surface area contributed by atoms with Gasteiger partial charge in [0.25, 0.3) is 0 Å². The van der Waals surface area contributed by atoms with E-state index in [1.807, 2.05) is 6.92 Å². The molecule has 0 amide bonds. The molecule has 1 aromatic heterocycles. The lowest BCUT2D eigenvalue weighted by Crippen LogP contribution is -2.21. The highest BCUT2D eigenvalue weighted by atomic mass is 35.5. The van der Waals surface area contributed by atoms with Crippen LogP contribution in [0.2, 0.25) is 5.02 Å². The van der Waals surface area contributed by atoms with Crippen molar-refractivity contribution in [1.82, 2.24) is 4.57 Å². The average Bonchev–Trinajstić information content (AvgIpc) is 2.74. The lowest BCUT2D eigenvalue weighted by molar-refractivity contribution is -0.116. The fraction of sp³-hybridized carbons (Fsp3) is 0.357. The van der Waals surface area contributed by atoms with Crippen LogP contribution in [-0.2, 0) is 4.79 Å². The first-order valence-corrected chi connectivity index (χ1v) is 6.62. The van der Waals surface area contributed by atoms with Crippen molar-refractivity contribution in [1.29, 1.82) is 0 Å².